The third-order valence-electron chi connectivity index (χ3n) is 9.32. The Hall–Kier alpha value is -3.97. The number of thiophene rings is 2. The van der Waals surface area contributed by atoms with Crippen LogP contribution in [0.15, 0.2) is 134 Å². The van der Waals surface area contributed by atoms with Crippen molar-refractivity contribution < 1.29 is 21.5 Å². The van der Waals surface area contributed by atoms with Gasteiger partial charge in [0.25, 0.3) is 0 Å². The van der Waals surface area contributed by atoms with Crippen molar-refractivity contribution in [1.29, 1.82) is 0 Å². The first-order valence-corrected chi connectivity index (χ1v) is 26.2. The molecular weight excluding hydrogens is 909 g/mol. The first kappa shape index (κ1) is 35.1. The minimum absolute atomic E-state index is 0. The Balaban J connectivity index is 0.000000216. The molecule has 0 saturated heterocycles. The molecule has 5 aromatic carbocycles. The van der Waals surface area contributed by atoms with E-state index < -0.39 is 19.2 Å². The van der Waals surface area contributed by atoms with Crippen LogP contribution in [0.4, 0.5) is 0 Å². The molecule has 9 aromatic rings. The van der Waals surface area contributed by atoms with Crippen LogP contribution in [0.5, 0.6) is 0 Å². The number of aromatic nitrogens is 2. The van der Waals surface area contributed by atoms with Gasteiger partial charge in [0.15, 0.2) is 0 Å². The van der Waals surface area contributed by atoms with Crippen molar-refractivity contribution in [2.75, 3.05) is 0 Å². The Morgan fingerprint density at radius 2 is 1.46 bits per heavy atom. The fraction of sp³-hybridized carbons (Fsp3) is 0.130. The largest absolute Gasteiger partial charge is 0 e. The topological polar surface area (TPSA) is 25.8 Å². The van der Waals surface area contributed by atoms with Gasteiger partial charge >= 0.3 is 99.8 Å². The number of nitrogens with zero attached hydrogens (tertiary/aromatic N) is 2. The summed E-state index contributed by atoms with van der Waals surface area (Å²) in [5.41, 5.74) is 7.39. The van der Waals surface area contributed by atoms with Crippen LogP contribution >= 0.6 is 22.7 Å². The normalized spacial score (nSPS) is 12.1. The van der Waals surface area contributed by atoms with Crippen molar-refractivity contribution in [3.05, 3.63) is 151 Å². The molecule has 0 unspecified atom stereocenters. The molecule has 6 heteroatoms. The molecule has 4 aromatic heterocycles. The molecule has 52 heavy (non-hydrogen) atoms. The monoisotopic (exact) mass is 950 g/mol. The zero-order valence-electron chi connectivity index (χ0n) is 30.7. The maximum Gasteiger partial charge on any atom is 0 e. The van der Waals surface area contributed by atoms with Gasteiger partial charge in [-0.05, 0) is 61.1 Å². The van der Waals surface area contributed by atoms with Gasteiger partial charge in [0, 0.05) is 37.1 Å². The molecule has 2 nitrogen and oxygen atoms in total. The summed E-state index contributed by atoms with van der Waals surface area (Å²) >= 11 is 1.89. The molecule has 0 atom stereocenters. The van der Waals surface area contributed by atoms with E-state index >= 15 is 0 Å². The first-order chi connectivity index (χ1) is 25.0. The van der Waals surface area contributed by atoms with Gasteiger partial charge < -0.3 is 4.98 Å². The summed E-state index contributed by atoms with van der Waals surface area (Å²) in [6, 6.07) is 49.3. The molecule has 0 aliphatic rings. The van der Waals surface area contributed by atoms with E-state index in [9.17, 15) is 0 Å². The van der Waals surface area contributed by atoms with Gasteiger partial charge in [-0.3, -0.25) is 0 Å². The maximum atomic E-state index is 8.56. The van der Waals surface area contributed by atoms with Gasteiger partial charge in [-0.1, -0.05) is 96.9 Å². The fourth-order valence-electron chi connectivity index (χ4n) is 6.49. The van der Waals surface area contributed by atoms with Crippen LogP contribution in [0.2, 0.25) is 17.3 Å². The number of rotatable bonds is 5. The number of pyridine rings is 2. The minimum atomic E-state index is -1.72. The van der Waals surface area contributed by atoms with E-state index in [4.69, 9.17) is 6.35 Å². The SMILES string of the molecule is [2H]C(C)(C)c1ccnc(-c2[c-]c3sc4ccccc4c3c3c2sc2cc(-c4ccccc4)ccc23)c1.[CH3][Ge]([CH3])([CH3])[c]1ccc(-c2[c-]cccc2)nc1.[Ir]. The Morgan fingerprint density at radius 3 is 2.19 bits per heavy atom. The fourth-order valence-corrected chi connectivity index (χ4v) is 11.0. The molecule has 0 aliphatic heterocycles. The molecule has 0 aliphatic carbocycles. The molecule has 4 heterocycles. The molecule has 0 amide bonds. The molecule has 0 fully saturated rings. The molecule has 0 spiro atoms. The van der Waals surface area contributed by atoms with E-state index in [0.717, 1.165) is 32.8 Å². The Kier molecular flexibility index (Phi) is 10.2. The van der Waals surface area contributed by atoms with Crippen molar-refractivity contribution >= 4 is 80.7 Å². The summed E-state index contributed by atoms with van der Waals surface area (Å²) in [7, 11) is 0. The van der Waals surface area contributed by atoms with E-state index in [1.165, 1.54) is 51.2 Å². The third kappa shape index (κ3) is 7.18. The van der Waals surface area contributed by atoms with Gasteiger partial charge in [-0.25, -0.2) is 0 Å². The van der Waals surface area contributed by atoms with Gasteiger partial charge in [0.1, 0.15) is 0 Å². The smallest absolute Gasteiger partial charge is 0 e. The molecule has 0 bridgehead atoms. The second kappa shape index (κ2) is 15.2. The molecule has 0 N–H and O–H groups in total. The van der Waals surface area contributed by atoms with Crippen LogP contribution in [0.1, 0.15) is 26.7 Å². The minimum Gasteiger partial charge on any atom is 0 e. The van der Waals surface area contributed by atoms with Crippen LogP contribution in [-0.2, 0) is 20.1 Å². The van der Waals surface area contributed by atoms with Crippen molar-refractivity contribution in [2.45, 2.75) is 37.0 Å². The summed E-state index contributed by atoms with van der Waals surface area (Å²) in [6.45, 7) is 3.84. The Labute approximate surface area is 331 Å². The standard InChI is InChI=1S/C32H22NS2.C14H16GeN.Ir/c1-19(2)21-14-15-33-26(16-21)25-18-29-30(23-10-6-7-11-27(23)34-29)31-24-13-12-22(17-28(24)35-32(25)31)20-8-4-3-5-9-20;1-15(2,3)13-9-10-14(16-11-13)12-7-5-4-6-8-12;/h3-17,19H,1-2H3;4-7,9-11H,1-3H3;/q2*-1;/i19D;;. The Bertz CT molecular complexity index is 2690. The quantitative estimate of drug-likeness (QED) is 0.127. The zero-order valence-corrected chi connectivity index (χ0v) is 35.9. The number of benzene rings is 5. The van der Waals surface area contributed by atoms with Crippen molar-refractivity contribution in [3.8, 4) is 33.6 Å². The zero-order chi connectivity index (χ0) is 36.0. The van der Waals surface area contributed by atoms with Gasteiger partial charge in [-0.2, -0.15) is 22.7 Å². The summed E-state index contributed by atoms with van der Waals surface area (Å²) in [5, 5.41) is 5.12. The van der Waals surface area contributed by atoms with E-state index in [2.05, 4.69) is 125 Å². The summed E-state index contributed by atoms with van der Waals surface area (Å²) < 4.78 is 14.9. The van der Waals surface area contributed by atoms with Crippen molar-refractivity contribution in [2.24, 2.45) is 0 Å². The van der Waals surface area contributed by atoms with Crippen LogP contribution in [0.25, 0.3) is 74.0 Å². The predicted molar refractivity (Wildman–Crippen MR) is 225 cm³/mol. The van der Waals surface area contributed by atoms with Crippen LogP contribution < -0.4 is 4.40 Å². The summed E-state index contributed by atoms with van der Waals surface area (Å²) in [6.07, 6.45) is 3.87. The van der Waals surface area contributed by atoms with Crippen LogP contribution in [0, 0.1) is 12.1 Å². The average Bonchev–Trinajstić information content (AvgIpc) is 3.73. The molecule has 0 saturated carbocycles. The Morgan fingerprint density at radius 1 is 0.692 bits per heavy atom. The molecule has 9 rings (SSSR count). The van der Waals surface area contributed by atoms with E-state index in [-0.39, 0.29) is 20.1 Å². The van der Waals surface area contributed by atoms with Gasteiger partial charge in [0.05, 0.1) is 0 Å². The van der Waals surface area contributed by atoms with Crippen molar-refractivity contribution in [1.82, 2.24) is 9.97 Å². The van der Waals surface area contributed by atoms with Crippen LogP contribution in [-0.4, -0.2) is 23.2 Å². The van der Waals surface area contributed by atoms with E-state index in [0.29, 0.717) is 0 Å². The van der Waals surface area contributed by atoms with E-state index in [1.54, 1.807) is 11.3 Å². The summed E-state index contributed by atoms with van der Waals surface area (Å²) in [5.74, 6) is 6.45. The molecule has 259 valence electrons. The average molecular weight is 949 g/mol. The number of hydrogen-bond donors (Lipinski definition) is 0. The molecule has 1 radical (unpaired) electrons. The summed E-state index contributed by atoms with van der Waals surface area (Å²) in [4.78, 5) is 9.30. The van der Waals surface area contributed by atoms with Gasteiger partial charge in [-0.15, -0.1) is 11.6 Å². The van der Waals surface area contributed by atoms with Crippen LogP contribution in [0.3, 0.4) is 0 Å². The first-order valence-electron chi connectivity index (χ1n) is 17.7. The maximum absolute atomic E-state index is 8.56. The second-order valence-corrected chi connectivity index (χ2v) is 26.8. The van der Waals surface area contributed by atoms with E-state index in [1.807, 2.05) is 67.9 Å². The molecular formula is C46H38GeIrN2S2-2. The number of hydrogen-bond acceptors (Lipinski definition) is 4. The number of fused-ring (bicyclic) bond motifs is 7. The van der Waals surface area contributed by atoms with Crippen molar-refractivity contribution in [3.63, 3.8) is 0 Å². The second-order valence-electron chi connectivity index (χ2n) is 14.1. The predicted octanol–water partition coefficient (Wildman–Crippen LogP) is 13.2. The third-order valence-corrected chi connectivity index (χ3v) is 15.8. The van der Waals surface area contributed by atoms with Gasteiger partial charge in [0.2, 0.25) is 0 Å².